The molecule has 0 aliphatic heterocycles. The lowest BCUT2D eigenvalue weighted by atomic mass is 9.93. The molecule has 2 aromatic carbocycles. The topological polar surface area (TPSA) is 30.5 Å². The van der Waals surface area contributed by atoms with Crippen molar-refractivity contribution in [3.8, 4) is 11.5 Å². The Morgan fingerprint density at radius 2 is 1.62 bits per heavy atom. The molecule has 112 valence electrons. The SMILES string of the molecule is CNC(c1ccc(OC)cc1C)c1ccc(C)cc1OC. The van der Waals surface area contributed by atoms with Crippen LogP contribution in [0.15, 0.2) is 36.4 Å². The molecule has 0 amide bonds. The molecule has 3 heteroatoms. The van der Waals surface area contributed by atoms with Crippen molar-refractivity contribution in [2.45, 2.75) is 19.9 Å². The quantitative estimate of drug-likeness (QED) is 0.910. The van der Waals surface area contributed by atoms with Gasteiger partial charge in [-0.15, -0.1) is 0 Å². The lowest BCUT2D eigenvalue weighted by molar-refractivity contribution is 0.404. The van der Waals surface area contributed by atoms with Gasteiger partial charge in [0.2, 0.25) is 0 Å². The van der Waals surface area contributed by atoms with E-state index in [9.17, 15) is 0 Å². The fourth-order valence-corrected chi connectivity index (χ4v) is 2.63. The first-order valence-electron chi connectivity index (χ1n) is 7.07. The molecule has 0 spiro atoms. The Balaban J connectivity index is 2.49. The molecular formula is C18H23NO2. The zero-order valence-corrected chi connectivity index (χ0v) is 13.4. The normalized spacial score (nSPS) is 12.0. The lowest BCUT2D eigenvalue weighted by Gasteiger charge is -2.22. The van der Waals surface area contributed by atoms with Gasteiger partial charge in [0.25, 0.3) is 0 Å². The van der Waals surface area contributed by atoms with Gasteiger partial charge >= 0.3 is 0 Å². The van der Waals surface area contributed by atoms with Crippen molar-refractivity contribution in [2.75, 3.05) is 21.3 Å². The van der Waals surface area contributed by atoms with Crippen molar-refractivity contribution in [3.05, 3.63) is 58.7 Å². The van der Waals surface area contributed by atoms with Crippen LogP contribution in [0.2, 0.25) is 0 Å². The summed E-state index contributed by atoms with van der Waals surface area (Å²) in [5, 5.41) is 3.39. The number of benzene rings is 2. The zero-order valence-electron chi connectivity index (χ0n) is 13.4. The Morgan fingerprint density at radius 3 is 2.19 bits per heavy atom. The molecule has 2 rings (SSSR count). The minimum atomic E-state index is 0.0893. The van der Waals surface area contributed by atoms with E-state index in [4.69, 9.17) is 9.47 Å². The number of ether oxygens (including phenoxy) is 2. The summed E-state index contributed by atoms with van der Waals surface area (Å²) in [6, 6.07) is 12.5. The van der Waals surface area contributed by atoms with Crippen molar-refractivity contribution < 1.29 is 9.47 Å². The van der Waals surface area contributed by atoms with E-state index in [0.29, 0.717) is 0 Å². The molecule has 0 aromatic heterocycles. The van der Waals surface area contributed by atoms with E-state index in [2.05, 4.69) is 49.5 Å². The van der Waals surface area contributed by atoms with Crippen LogP contribution in [-0.4, -0.2) is 21.3 Å². The van der Waals surface area contributed by atoms with E-state index < -0.39 is 0 Å². The van der Waals surface area contributed by atoms with Crippen LogP contribution in [0, 0.1) is 13.8 Å². The molecular weight excluding hydrogens is 262 g/mol. The molecule has 1 unspecified atom stereocenters. The molecule has 0 radical (unpaired) electrons. The fourth-order valence-electron chi connectivity index (χ4n) is 2.63. The van der Waals surface area contributed by atoms with Crippen LogP contribution in [0.1, 0.15) is 28.3 Å². The van der Waals surface area contributed by atoms with Gasteiger partial charge in [-0.05, 0) is 55.8 Å². The summed E-state index contributed by atoms with van der Waals surface area (Å²) in [6.07, 6.45) is 0. The Morgan fingerprint density at radius 1 is 0.905 bits per heavy atom. The molecule has 0 aliphatic carbocycles. The van der Waals surface area contributed by atoms with E-state index in [1.54, 1.807) is 14.2 Å². The van der Waals surface area contributed by atoms with Crippen LogP contribution in [0.3, 0.4) is 0 Å². The second kappa shape index (κ2) is 6.64. The summed E-state index contributed by atoms with van der Waals surface area (Å²) in [5.74, 6) is 1.78. The van der Waals surface area contributed by atoms with Gasteiger partial charge < -0.3 is 14.8 Å². The highest BCUT2D eigenvalue weighted by Crippen LogP contribution is 2.33. The van der Waals surface area contributed by atoms with Crippen molar-refractivity contribution in [1.82, 2.24) is 5.32 Å². The van der Waals surface area contributed by atoms with Gasteiger partial charge in [-0.25, -0.2) is 0 Å². The Hall–Kier alpha value is -2.00. The first-order valence-corrected chi connectivity index (χ1v) is 7.07. The summed E-state index contributed by atoms with van der Waals surface area (Å²) in [6.45, 7) is 4.17. The summed E-state index contributed by atoms with van der Waals surface area (Å²) in [7, 11) is 5.37. The van der Waals surface area contributed by atoms with Crippen molar-refractivity contribution in [1.29, 1.82) is 0 Å². The standard InChI is InChI=1S/C18H23NO2/c1-12-6-8-16(17(10-12)21-5)18(19-3)15-9-7-14(20-4)11-13(15)2/h6-11,18-19H,1-5H3. The number of aryl methyl sites for hydroxylation is 2. The first kappa shape index (κ1) is 15.4. The van der Waals surface area contributed by atoms with Gasteiger partial charge in [-0.3, -0.25) is 0 Å². The Kier molecular flexibility index (Phi) is 4.86. The highest BCUT2D eigenvalue weighted by molar-refractivity contribution is 5.47. The van der Waals surface area contributed by atoms with Crippen LogP contribution in [-0.2, 0) is 0 Å². The first-order chi connectivity index (χ1) is 10.1. The third-order valence-electron chi connectivity index (χ3n) is 3.78. The maximum absolute atomic E-state index is 5.55. The molecule has 1 N–H and O–H groups in total. The third kappa shape index (κ3) is 3.19. The van der Waals surface area contributed by atoms with Crippen molar-refractivity contribution >= 4 is 0 Å². The van der Waals surface area contributed by atoms with Gasteiger partial charge in [0.1, 0.15) is 11.5 Å². The highest BCUT2D eigenvalue weighted by atomic mass is 16.5. The lowest BCUT2D eigenvalue weighted by Crippen LogP contribution is -2.19. The van der Waals surface area contributed by atoms with Gasteiger partial charge in [-0.2, -0.15) is 0 Å². The second-order valence-corrected chi connectivity index (χ2v) is 5.19. The average molecular weight is 285 g/mol. The van der Waals surface area contributed by atoms with Gasteiger partial charge in [0, 0.05) is 5.56 Å². The molecule has 0 saturated heterocycles. The number of rotatable bonds is 5. The number of methoxy groups -OCH3 is 2. The summed E-state index contributed by atoms with van der Waals surface area (Å²) in [4.78, 5) is 0. The second-order valence-electron chi connectivity index (χ2n) is 5.19. The zero-order chi connectivity index (χ0) is 15.4. The maximum Gasteiger partial charge on any atom is 0.124 e. The predicted molar refractivity (Wildman–Crippen MR) is 86.4 cm³/mol. The van der Waals surface area contributed by atoms with Crippen molar-refractivity contribution in [3.63, 3.8) is 0 Å². The molecule has 0 fully saturated rings. The van der Waals surface area contributed by atoms with E-state index in [1.165, 1.54) is 16.7 Å². The summed E-state index contributed by atoms with van der Waals surface area (Å²) >= 11 is 0. The molecule has 0 aliphatic rings. The van der Waals surface area contributed by atoms with Crippen LogP contribution < -0.4 is 14.8 Å². The number of nitrogens with one attached hydrogen (secondary N) is 1. The van der Waals surface area contributed by atoms with Crippen molar-refractivity contribution in [2.24, 2.45) is 0 Å². The number of hydrogen-bond acceptors (Lipinski definition) is 3. The number of hydrogen-bond donors (Lipinski definition) is 1. The smallest absolute Gasteiger partial charge is 0.124 e. The van der Waals surface area contributed by atoms with Crippen LogP contribution in [0.5, 0.6) is 11.5 Å². The van der Waals surface area contributed by atoms with Crippen LogP contribution >= 0.6 is 0 Å². The maximum atomic E-state index is 5.55. The van der Waals surface area contributed by atoms with Crippen LogP contribution in [0.4, 0.5) is 0 Å². The Bertz CT molecular complexity index is 623. The minimum Gasteiger partial charge on any atom is -0.497 e. The molecule has 0 heterocycles. The average Bonchev–Trinajstić information content (AvgIpc) is 2.50. The largest absolute Gasteiger partial charge is 0.497 e. The monoisotopic (exact) mass is 285 g/mol. The summed E-state index contributed by atoms with van der Waals surface area (Å²) in [5.41, 5.74) is 4.74. The van der Waals surface area contributed by atoms with Gasteiger partial charge in [0.05, 0.1) is 20.3 Å². The highest BCUT2D eigenvalue weighted by Gasteiger charge is 2.18. The van der Waals surface area contributed by atoms with Crippen LogP contribution in [0.25, 0.3) is 0 Å². The van der Waals surface area contributed by atoms with E-state index in [0.717, 1.165) is 17.1 Å². The molecule has 3 nitrogen and oxygen atoms in total. The van der Waals surface area contributed by atoms with E-state index in [1.807, 2.05) is 13.1 Å². The fraction of sp³-hybridized carbons (Fsp3) is 0.333. The van der Waals surface area contributed by atoms with Gasteiger partial charge in [0.15, 0.2) is 0 Å². The molecule has 0 bridgehead atoms. The minimum absolute atomic E-state index is 0.0893. The summed E-state index contributed by atoms with van der Waals surface area (Å²) < 4.78 is 10.8. The molecule has 2 aromatic rings. The molecule has 21 heavy (non-hydrogen) atoms. The van der Waals surface area contributed by atoms with Gasteiger partial charge in [-0.1, -0.05) is 18.2 Å². The van der Waals surface area contributed by atoms with E-state index in [-0.39, 0.29) is 6.04 Å². The molecule has 1 atom stereocenters. The third-order valence-corrected chi connectivity index (χ3v) is 3.78. The predicted octanol–water partition coefficient (Wildman–Crippen LogP) is 3.63. The molecule has 0 saturated carbocycles. The Labute approximate surface area is 126 Å². The van der Waals surface area contributed by atoms with E-state index >= 15 is 0 Å².